The normalized spacial score (nSPS) is 10.8. The molecule has 0 aliphatic carbocycles. The summed E-state index contributed by atoms with van der Waals surface area (Å²) in [6, 6.07) is 16.9. The number of H-pyrrole nitrogens is 1. The first-order chi connectivity index (χ1) is 14.6. The van der Waals surface area contributed by atoms with Gasteiger partial charge in [-0.3, -0.25) is 14.5 Å². The van der Waals surface area contributed by atoms with Crippen LogP contribution >= 0.6 is 11.8 Å². The molecule has 0 unspecified atom stereocenters. The predicted molar refractivity (Wildman–Crippen MR) is 119 cm³/mol. The summed E-state index contributed by atoms with van der Waals surface area (Å²) in [4.78, 5) is 33.3. The molecule has 0 saturated carbocycles. The number of para-hydroxylation sites is 1. The summed E-state index contributed by atoms with van der Waals surface area (Å²) in [6.45, 7) is 1.13. The van der Waals surface area contributed by atoms with E-state index in [1.54, 1.807) is 34.9 Å². The third-order valence-corrected chi connectivity index (χ3v) is 5.47. The molecule has 3 rings (SSSR count). The average molecular weight is 422 g/mol. The number of amides is 1. The van der Waals surface area contributed by atoms with E-state index < -0.39 is 0 Å². The molecule has 0 saturated heterocycles. The molecular weight excluding hydrogens is 398 g/mol. The Morgan fingerprint density at radius 3 is 2.83 bits per heavy atom. The Kier molecular flexibility index (Phi) is 7.60. The van der Waals surface area contributed by atoms with Gasteiger partial charge in [0.1, 0.15) is 5.82 Å². The number of aromatic nitrogens is 2. The van der Waals surface area contributed by atoms with Crippen molar-refractivity contribution in [2.24, 2.45) is 0 Å². The molecule has 3 aromatic rings. The summed E-state index contributed by atoms with van der Waals surface area (Å²) in [7, 11) is 1.81. The molecule has 1 amide bonds. The minimum Gasteiger partial charge on any atom is -0.354 e. The van der Waals surface area contributed by atoms with E-state index in [0.717, 1.165) is 17.1 Å². The zero-order valence-electron chi connectivity index (χ0n) is 16.7. The fourth-order valence-corrected chi connectivity index (χ4v) is 3.88. The number of nitrogens with one attached hydrogen (secondary N) is 2. The largest absolute Gasteiger partial charge is 0.354 e. The summed E-state index contributed by atoms with van der Waals surface area (Å²) in [5.74, 6) is 1.94. The second-order valence-electron chi connectivity index (χ2n) is 6.87. The van der Waals surface area contributed by atoms with E-state index in [2.05, 4.69) is 21.4 Å². The highest BCUT2D eigenvalue weighted by Gasteiger charge is 2.10. The number of benzene rings is 2. The van der Waals surface area contributed by atoms with Crippen LogP contribution in [0.3, 0.4) is 0 Å². The van der Waals surface area contributed by atoms with Gasteiger partial charge in [0.05, 0.1) is 35.6 Å². The Balaban J connectivity index is 1.41. The monoisotopic (exact) mass is 421 g/mol. The molecule has 0 atom stereocenters. The van der Waals surface area contributed by atoms with Gasteiger partial charge >= 0.3 is 0 Å². The van der Waals surface area contributed by atoms with Gasteiger partial charge < -0.3 is 10.3 Å². The van der Waals surface area contributed by atoms with Gasteiger partial charge in [-0.1, -0.05) is 30.3 Å². The lowest BCUT2D eigenvalue weighted by atomic mass is 10.1. The van der Waals surface area contributed by atoms with Crippen LogP contribution in [-0.2, 0) is 17.1 Å². The number of carbonyl (C=O) groups excluding carboxylic acids is 1. The maximum absolute atomic E-state index is 12.2. The third kappa shape index (κ3) is 5.92. The minimum atomic E-state index is -0.177. The van der Waals surface area contributed by atoms with Crippen molar-refractivity contribution in [1.82, 2.24) is 20.2 Å². The molecule has 8 heteroatoms. The summed E-state index contributed by atoms with van der Waals surface area (Å²) in [6.07, 6.45) is 0. The van der Waals surface area contributed by atoms with Crippen LogP contribution < -0.4 is 10.9 Å². The van der Waals surface area contributed by atoms with Crippen molar-refractivity contribution in [3.8, 4) is 6.07 Å². The average Bonchev–Trinajstić information content (AvgIpc) is 2.73. The minimum absolute atomic E-state index is 0.0846. The van der Waals surface area contributed by atoms with E-state index in [4.69, 9.17) is 5.26 Å². The molecule has 2 N–H and O–H groups in total. The van der Waals surface area contributed by atoms with Crippen LogP contribution in [0.5, 0.6) is 0 Å². The molecule has 2 aromatic carbocycles. The van der Waals surface area contributed by atoms with Crippen LogP contribution in [0, 0.1) is 11.3 Å². The number of carbonyl (C=O) groups is 1. The fraction of sp³-hybridized carbons (Fsp3) is 0.273. The molecule has 0 aliphatic rings. The van der Waals surface area contributed by atoms with Gasteiger partial charge in [0.25, 0.3) is 5.56 Å². The van der Waals surface area contributed by atoms with Crippen molar-refractivity contribution >= 4 is 28.6 Å². The lowest BCUT2D eigenvalue weighted by Gasteiger charge is -2.16. The van der Waals surface area contributed by atoms with Gasteiger partial charge in [-0.15, -0.1) is 0 Å². The maximum atomic E-state index is 12.2. The molecule has 0 spiro atoms. The molecule has 7 nitrogen and oxygen atoms in total. The molecule has 0 aliphatic heterocycles. The van der Waals surface area contributed by atoms with Crippen LogP contribution in [0.25, 0.3) is 10.9 Å². The third-order valence-electron chi connectivity index (χ3n) is 4.46. The van der Waals surface area contributed by atoms with Gasteiger partial charge in [0.2, 0.25) is 5.91 Å². The van der Waals surface area contributed by atoms with Gasteiger partial charge in [0.15, 0.2) is 0 Å². The van der Waals surface area contributed by atoms with Crippen molar-refractivity contribution in [1.29, 1.82) is 5.26 Å². The van der Waals surface area contributed by atoms with E-state index in [0.29, 0.717) is 35.4 Å². The van der Waals surface area contributed by atoms with Crippen LogP contribution in [0.2, 0.25) is 0 Å². The van der Waals surface area contributed by atoms with Crippen LogP contribution in [0.4, 0.5) is 0 Å². The highest BCUT2D eigenvalue weighted by atomic mass is 32.2. The van der Waals surface area contributed by atoms with Gasteiger partial charge in [-0.2, -0.15) is 17.0 Å². The standard InChI is InChI=1S/C22H23N5O2S/c1-27(13-20-25-19-9-5-4-8-18(19)22(29)26-20)14-21(28)24-10-11-30-15-17-7-3-2-6-16(17)12-23/h2-9H,10-11,13-15H2,1H3,(H,24,28)(H,25,26,29). The number of fused-ring (bicyclic) bond motifs is 1. The van der Waals surface area contributed by atoms with Crippen molar-refractivity contribution in [2.75, 3.05) is 25.9 Å². The molecule has 0 radical (unpaired) electrons. The van der Waals surface area contributed by atoms with E-state index in [1.165, 1.54) is 0 Å². The summed E-state index contributed by atoms with van der Waals surface area (Å²) in [5, 5.41) is 12.6. The molecule has 1 heterocycles. The number of nitrogens with zero attached hydrogens (tertiary/aromatic N) is 3. The number of rotatable bonds is 9. The Morgan fingerprint density at radius 2 is 2.00 bits per heavy atom. The Bertz CT molecular complexity index is 1120. The highest BCUT2D eigenvalue weighted by Crippen LogP contribution is 2.15. The van der Waals surface area contributed by atoms with E-state index in [-0.39, 0.29) is 18.0 Å². The van der Waals surface area contributed by atoms with Crippen LogP contribution in [0.1, 0.15) is 17.0 Å². The van der Waals surface area contributed by atoms with Gasteiger partial charge in [-0.25, -0.2) is 4.98 Å². The van der Waals surface area contributed by atoms with Gasteiger partial charge in [0, 0.05) is 18.1 Å². The van der Waals surface area contributed by atoms with Crippen LogP contribution in [-0.4, -0.2) is 46.7 Å². The van der Waals surface area contributed by atoms with Gasteiger partial charge in [-0.05, 0) is 30.8 Å². The summed E-state index contributed by atoms with van der Waals surface area (Å²) >= 11 is 1.67. The molecule has 0 fully saturated rings. The first-order valence-corrected chi connectivity index (χ1v) is 10.7. The second-order valence-corrected chi connectivity index (χ2v) is 7.98. The molecule has 1 aromatic heterocycles. The van der Waals surface area contributed by atoms with E-state index in [9.17, 15) is 9.59 Å². The summed E-state index contributed by atoms with van der Waals surface area (Å²) in [5.41, 5.74) is 2.16. The second kappa shape index (κ2) is 10.6. The summed E-state index contributed by atoms with van der Waals surface area (Å²) < 4.78 is 0. The van der Waals surface area contributed by atoms with Crippen molar-refractivity contribution in [3.63, 3.8) is 0 Å². The number of thioether (sulfide) groups is 1. The first kappa shape index (κ1) is 21.6. The Hall–Kier alpha value is -3.15. The highest BCUT2D eigenvalue weighted by molar-refractivity contribution is 7.98. The smallest absolute Gasteiger partial charge is 0.258 e. The van der Waals surface area contributed by atoms with E-state index in [1.807, 2.05) is 37.4 Å². The lowest BCUT2D eigenvalue weighted by molar-refractivity contribution is -0.121. The maximum Gasteiger partial charge on any atom is 0.258 e. The molecule has 154 valence electrons. The number of likely N-dealkylation sites (N-methyl/N-ethyl adjacent to an activating group) is 1. The number of hydrogen-bond acceptors (Lipinski definition) is 6. The molecule has 30 heavy (non-hydrogen) atoms. The SMILES string of the molecule is CN(CC(=O)NCCSCc1ccccc1C#N)Cc1nc2ccccc2c(=O)[nH]1. The zero-order valence-corrected chi connectivity index (χ0v) is 17.5. The quantitative estimate of drug-likeness (QED) is 0.514. The predicted octanol–water partition coefficient (Wildman–Crippen LogP) is 2.28. The lowest BCUT2D eigenvalue weighted by Crippen LogP contribution is -2.36. The van der Waals surface area contributed by atoms with Crippen molar-refractivity contribution < 1.29 is 4.79 Å². The first-order valence-electron chi connectivity index (χ1n) is 9.56. The zero-order chi connectivity index (χ0) is 21.3. The topological polar surface area (TPSA) is 102 Å². The fourth-order valence-electron chi connectivity index (χ4n) is 3.02. The molecular formula is C22H23N5O2S. The Morgan fingerprint density at radius 1 is 1.23 bits per heavy atom. The van der Waals surface area contributed by atoms with Crippen LogP contribution in [0.15, 0.2) is 53.3 Å². The van der Waals surface area contributed by atoms with Crippen molar-refractivity contribution in [2.45, 2.75) is 12.3 Å². The van der Waals surface area contributed by atoms with E-state index >= 15 is 0 Å². The number of hydrogen-bond donors (Lipinski definition) is 2. The Labute approximate surface area is 179 Å². The number of nitriles is 1. The molecule has 0 bridgehead atoms. The van der Waals surface area contributed by atoms with Crippen molar-refractivity contribution in [3.05, 3.63) is 75.8 Å². The number of aromatic amines is 1.